The maximum atomic E-state index is 12.5. The van der Waals surface area contributed by atoms with Crippen molar-refractivity contribution in [1.82, 2.24) is 9.62 Å². The largest absolute Gasteiger partial charge is 0.309 e. The SMILES string of the molecule is CN(CC1CC1)S(=O)(=O)c1ccsc1CNC1CC1. The molecule has 0 amide bonds. The third-order valence-electron chi connectivity index (χ3n) is 3.73. The van der Waals surface area contributed by atoms with E-state index in [0.717, 1.165) is 4.88 Å². The van der Waals surface area contributed by atoms with Crippen molar-refractivity contribution in [2.75, 3.05) is 13.6 Å². The molecule has 2 saturated carbocycles. The zero-order chi connectivity index (χ0) is 13.5. The van der Waals surface area contributed by atoms with Crippen LogP contribution in [0.1, 0.15) is 30.6 Å². The lowest BCUT2D eigenvalue weighted by Crippen LogP contribution is -2.29. The van der Waals surface area contributed by atoms with Crippen LogP contribution in [0, 0.1) is 5.92 Å². The normalized spacial score (nSPS) is 20.1. The Morgan fingerprint density at radius 3 is 2.74 bits per heavy atom. The summed E-state index contributed by atoms with van der Waals surface area (Å²) in [5.41, 5.74) is 0. The van der Waals surface area contributed by atoms with Gasteiger partial charge in [-0.3, -0.25) is 0 Å². The van der Waals surface area contributed by atoms with Crippen LogP contribution in [0.4, 0.5) is 0 Å². The number of thiophene rings is 1. The fourth-order valence-corrected chi connectivity index (χ4v) is 4.75. The molecule has 0 spiro atoms. The van der Waals surface area contributed by atoms with Gasteiger partial charge in [-0.2, -0.15) is 0 Å². The van der Waals surface area contributed by atoms with Gasteiger partial charge in [0.15, 0.2) is 0 Å². The second kappa shape index (κ2) is 5.16. The topological polar surface area (TPSA) is 49.4 Å². The van der Waals surface area contributed by atoms with E-state index >= 15 is 0 Å². The summed E-state index contributed by atoms with van der Waals surface area (Å²) in [7, 11) is -1.61. The van der Waals surface area contributed by atoms with Gasteiger partial charge in [-0.1, -0.05) is 0 Å². The lowest BCUT2D eigenvalue weighted by molar-refractivity contribution is 0.452. The van der Waals surface area contributed by atoms with Crippen LogP contribution in [0.25, 0.3) is 0 Å². The number of nitrogens with zero attached hydrogens (tertiary/aromatic N) is 1. The van der Waals surface area contributed by atoms with Gasteiger partial charge in [-0.15, -0.1) is 11.3 Å². The molecule has 0 atom stereocenters. The Morgan fingerprint density at radius 1 is 1.37 bits per heavy atom. The van der Waals surface area contributed by atoms with Gasteiger partial charge in [-0.05, 0) is 43.0 Å². The summed E-state index contributed by atoms with van der Waals surface area (Å²) in [4.78, 5) is 1.43. The molecule has 0 bridgehead atoms. The van der Waals surface area contributed by atoms with E-state index in [1.807, 2.05) is 5.38 Å². The summed E-state index contributed by atoms with van der Waals surface area (Å²) in [5, 5.41) is 5.27. The highest BCUT2D eigenvalue weighted by molar-refractivity contribution is 7.89. The molecule has 0 aromatic carbocycles. The number of sulfonamides is 1. The molecule has 106 valence electrons. The Balaban J connectivity index is 1.73. The monoisotopic (exact) mass is 300 g/mol. The second-order valence-electron chi connectivity index (χ2n) is 5.59. The summed E-state index contributed by atoms with van der Waals surface area (Å²) >= 11 is 1.53. The molecule has 1 N–H and O–H groups in total. The molecule has 2 aliphatic carbocycles. The van der Waals surface area contributed by atoms with Crippen LogP contribution >= 0.6 is 11.3 Å². The van der Waals surface area contributed by atoms with Crippen LogP contribution in [0.3, 0.4) is 0 Å². The Bertz CT molecular complexity index is 545. The van der Waals surface area contributed by atoms with Crippen LogP contribution in [0.15, 0.2) is 16.3 Å². The van der Waals surface area contributed by atoms with Gasteiger partial charge in [0.25, 0.3) is 0 Å². The van der Waals surface area contributed by atoms with Crippen LogP contribution in [-0.2, 0) is 16.6 Å². The van der Waals surface area contributed by atoms with Crippen molar-refractivity contribution in [1.29, 1.82) is 0 Å². The first-order valence-corrected chi connectivity index (χ1v) is 9.15. The van der Waals surface area contributed by atoms with Gasteiger partial charge in [0.05, 0.1) is 4.90 Å². The van der Waals surface area contributed by atoms with Crippen molar-refractivity contribution in [3.8, 4) is 0 Å². The smallest absolute Gasteiger partial charge is 0.243 e. The molecule has 0 saturated heterocycles. The molecule has 1 aromatic rings. The van der Waals surface area contributed by atoms with Crippen molar-refractivity contribution in [2.24, 2.45) is 5.92 Å². The van der Waals surface area contributed by atoms with Crippen molar-refractivity contribution >= 4 is 21.4 Å². The van der Waals surface area contributed by atoms with E-state index in [1.54, 1.807) is 13.1 Å². The van der Waals surface area contributed by atoms with Crippen LogP contribution in [0.2, 0.25) is 0 Å². The lowest BCUT2D eigenvalue weighted by Gasteiger charge is -2.17. The Hall–Kier alpha value is -0.430. The van der Waals surface area contributed by atoms with Gasteiger partial charge in [0.2, 0.25) is 10.0 Å². The number of hydrogen-bond donors (Lipinski definition) is 1. The average molecular weight is 300 g/mol. The first-order chi connectivity index (χ1) is 9.07. The van der Waals surface area contributed by atoms with Crippen LogP contribution < -0.4 is 5.32 Å². The first kappa shape index (κ1) is 13.5. The molecule has 0 aliphatic heterocycles. The minimum Gasteiger partial charge on any atom is -0.309 e. The maximum Gasteiger partial charge on any atom is 0.243 e. The third kappa shape index (κ3) is 3.18. The summed E-state index contributed by atoms with van der Waals surface area (Å²) < 4.78 is 26.6. The van der Waals surface area contributed by atoms with E-state index in [2.05, 4.69) is 5.32 Å². The fourth-order valence-electron chi connectivity index (χ4n) is 2.14. The van der Waals surface area contributed by atoms with Gasteiger partial charge in [0.1, 0.15) is 0 Å². The molecule has 1 aromatic heterocycles. The van der Waals surface area contributed by atoms with E-state index in [1.165, 1.54) is 41.3 Å². The van der Waals surface area contributed by atoms with Crippen molar-refractivity contribution in [3.63, 3.8) is 0 Å². The molecule has 2 fully saturated rings. The molecule has 2 aliphatic rings. The summed E-state index contributed by atoms with van der Waals surface area (Å²) in [5.74, 6) is 0.575. The fraction of sp³-hybridized carbons (Fsp3) is 0.692. The Morgan fingerprint density at radius 2 is 2.11 bits per heavy atom. The molecule has 1 heterocycles. The highest BCUT2D eigenvalue weighted by Crippen LogP contribution is 2.32. The molecule has 6 heteroatoms. The molecular weight excluding hydrogens is 280 g/mol. The average Bonchev–Trinajstić information content (AvgIpc) is 3.28. The Labute approximate surface area is 118 Å². The zero-order valence-corrected chi connectivity index (χ0v) is 12.8. The number of rotatable bonds is 7. The van der Waals surface area contributed by atoms with E-state index < -0.39 is 10.0 Å². The summed E-state index contributed by atoms with van der Waals surface area (Å²) in [6.07, 6.45) is 4.77. The minimum absolute atomic E-state index is 0.494. The van der Waals surface area contributed by atoms with Crippen molar-refractivity contribution in [3.05, 3.63) is 16.3 Å². The maximum absolute atomic E-state index is 12.5. The van der Waals surface area contributed by atoms with Gasteiger partial charge < -0.3 is 5.32 Å². The molecule has 3 rings (SSSR count). The number of hydrogen-bond acceptors (Lipinski definition) is 4. The van der Waals surface area contributed by atoms with Crippen molar-refractivity contribution in [2.45, 2.75) is 43.2 Å². The standard InChI is InChI=1S/C13H20N2O2S2/c1-15(9-10-2-3-10)19(16,17)13-6-7-18-12(13)8-14-11-4-5-11/h6-7,10-11,14H,2-5,8-9H2,1H3. The lowest BCUT2D eigenvalue weighted by atomic mass is 10.4. The van der Waals surface area contributed by atoms with E-state index in [4.69, 9.17) is 0 Å². The van der Waals surface area contributed by atoms with Crippen LogP contribution in [0.5, 0.6) is 0 Å². The minimum atomic E-state index is -3.31. The molecule has 0 radical (unpaired) electrons. The molecule has 19 heavy (non-hydrogen) atoms. The highest BCUT2D eigenvalue weighted by atomic mass is 32.2. The van der Waals surface area contributed by atoms with Gasteiger partial charge in [-0.25, -0.2) is 12.7 Å². The quantitative estimate of drug-likeness (QED) is 0.838. The molecular formula is C13H20N2O2S2. The van der Waals surface area contributed by atoms with E-state index in [-0.39, 0.29) is 0 Å². The third-order valence-corrected chi connectivity index (χ3v) is 6.69. The van der Waals surface area contributed by atoms with Crippen molar-refractivity contribution < 1.29 is 8.42 Å². The van der Waals surface area contributed by atoms with Gasteiger partial charge >= 0.3 is 0 Å². The van der Waals surface area contributed by atoms with Crippen LogP contribution in [-0.4, -0.2) is 32.4 Å². The highest BCUT2D eigenvalue weighted by Gasteiger charge is 2.31. The van der Waals surface area contributed by atoms with E-state index in [9.17, 15) is 8.42 Å². The predicted octanol–water partition coefficient (Wildman–Crippen LogP) is 2.03. The molecule has 0 unspecified atom stereocenters. The Kier molecular flexibility index (Phi) is 3.68. The summed E-state index contributed by atoms with van der Waals surface area (Å²) in [6.45, 7) is 1.34. The second-order valence-corrected chi connectivity index (χ2v) is 8.61. The zero-order valence-electron chi connectivity index (χ0n) is 11.1. The predicted molar refractivity (Wildman–Crippen MR) is 76.7 cm³/mol. The summed E-state index contributed by atoms with van der Waals surface area (Å²) in [6, 6.07) is 2.34. The first-order valence-electron chi connectivity index (χ1n) is 6.83. The number of nitrogens with one attached hydrogen (secondary N) is 1. The molecule has 4 nitrogen and oxygen atoms in total. The van der Waals surface area contributed by atoms with Gasteiger partial charge in [0, 0.05) is 31.1 Å². The van der Waals surface area contributed by atoms with E-state index in [0.29, 0.717) is 29.9 Å².